The van der Waals surface area contributed by atoms with Crippen molar-refractivity contribution in [3.63, 3.8) is 0 Å². The van der Waals surface area contributed by atoms with Crippen molar-refractivity contribution in [1.82, 2.24) is 4.90 Å². The number of hydrogen-bond acceptors (Lipinski definition) is 3. The molecule has 1 saturated carbocycles. The van der Waals surface area contributed by atoms with Crippen molar-refractivity contribution in [2.45, 2.75) is 37.8 Å². The number of hydrogen-bond donors (Lipinski definition) is 1. The molecule has 0 radical (unpaired) electrons. The molecule has 2 unspecified atom stereocenters. The monoisotopic (exact) mass is 260 g/mol. The van der Waals surface area contributed by atoms with Crippen molar-refractivity contribution in [1.29, 1.82) is 0 Å². The second kappa shape index (κ2) is 5.21. The fourth-order valence-corrected chi connectivity index (χ4v) is 3.19. The number of carbonyl (C=O) groups excluding carboxylic acids is 1. The summed E-state index contributed by atoms with van der Waals surface area (Å²) in [6, 6.07) is 7.88. The molecule has 2 aliphatic rings. The maximum atomic E-state index is 12.5. The van der Waals surface area contributed by atoms with E-state index in [1.165, 1.54) is 0 Å². The first-order valence-electron chi connectivity index (χ1n) is 7.00. The Morgan fingerprint density at radius 2 is 2.21 bits per heavy atom. The maximum Gasteiger partial charge on any atom is 0.227 e. The Kier molecular flexibility index (Phi) is 3.42. The Labute approximate surface area is 113 Å². The summed E-state index contributed by atoms with van der Waals surface area (Å²) in [6.45, 7) is 1.38. The molecule has 102 valence electrons. The number of rotatable bonds is 2. The molecule has 1 aliphatic carbocycles. The summed E-state index contributed by atoms with van der Waals surface area (Å²) in [7, 11) is 0. The standard InChI is InChI=1S/C15H20N2O2/c16-12-5-2-1-4-11(12)10-15(18)17-8-9-19-14-7-3-6-13(14)17/h1-2,4-5,13-14H,3,6-10,16H2. The highest BCUT2D eigenvalue weighted by Gasteiger charge is 2.38. The van der Waals surface area contributed by atoms with E-state index >= 15 is 0 Å². The first-order valence-corrected chi connectivity index (χ1v) is 7.00. The van der Waals surface area contributed by atoms with Crippen molar-refractivity contribution >= 4 is 11.6 Å². The van der Waals surface area contributed by atoms with Crippen LogP contribution in [0.1, 0.15) is 24.8 Å². The van der Waals surface area contributed by atoms with Crippen LogP contribution in [0.4, 0.5) is 5.69 Å². The third kappa shape index (κ3) is 2.45. The van der Waals surface area contributed by atoms with Gasteiger partial charge in [0, 0.05) is 12.2 Å². The largest absolute Gasteiger partial charge is 0.398 e. The van der Waals surface area contributed by atoms with Crippen LogP contribution in [0, 0.1) is 0 Å². The first-order chi connectivity index (χ1) is 9.25. The van der Waals surface area contributed by atoms with Gasteiger partial charge in [0.15, 0.2) is 0 Å². The number of para-hydroxylation sites is 1. The van der Waals surface area contributed by atoms with E-state index in [1.54, 1.807) is 0 Å². The predicted octanol–water partition coefficient (Wildman–Crippen LogP) is 1.59. The van der Waals surface area contributed by atoms with Crippen LogP contribution in [-0.4, -0.2) is 36.1 Å². The van der Waals surface area contributed by atoms with Gasteiger partial charge in [-0.1, -0.05) is 18.2 Å². The van der Waals surface area contributed by atoms with Gasteiger partial charge in [-0.2, -0.15) is 0 Å². The molecule has 2 atom stereocenters. The third-order valence-corrected chi connectivity index (χ3v) is 4.20. The van der Waals surface area contributed by atoms with Gasteiger partial charge in [-0.3, -0.25) is 4.79 Å². The van der Waals surface area contributed by atoms with Gasteiger partial charge in [0.2, 0.25) is 5.91 Å². The SMILES string of the molecule is Nc1ccccc1CC(=O)N1CCOC2CCCC21. The molecule has 19 heavy (non-hydrogen) atoms. The van der Waals surface area contributed by atoms with E-state index in [-0.39, 0.29) is 18.1 Å². The molecule has 4 nitrogen and oxygen atoms in total. The Hall–Kier alpha value is -1.55. The summed E-state index contributed by atoms with van der Waals surface area (Å²) in [5, 5.41) is 0. The van der Waals surface area contributed by atoms with Gasteiger partial charge in [-0.15, -0.1) is 0 Å². The summed E-state index contributed by atoms with van der Waals surface area (Å²) in [5.74, 6) is 0.179. The van der Waals surface area contributed by atoms with Gasteiger partial charge in [-0.05, 0) is 30.9 Å². The quantitative estimate of drug-likeness (QED) is 0.822. The minimum absolute atomic E-state index is 0.179. The van der Waals surface area contributed by atoms with E-state index in [0.717, 1.165) is 24.8 Å². The summed E-state index contributed by atoms with van der Waals surface area (Å²) in [4.78, 5) is 14.5. The molecule has 3 rings (SSSR count). The van der Waals surface area contributed by atoms with E-state index in [9.17, 15) is 4.79 Å². The lowest BCUT2D eigenvalue weighted by Gasteiger charge is -2.37. The van der Waals surface area contributed by atoms with Gasteiger partial charge in [-0.25, -0.2) is 0 Å². The van der Waals surface area contributed by atoms with Gasteiger partial charge in [0.25, 0.3) is 0 Å². The zero-order chi connectivity index (χ0) is 13.2. The van der Waals surface area contributed by atoms with Crippen molar-refractivity contribution in [3.05, 3.63) is 29.8 Å². The molecule has 0 bridgehead atoms. The average Bonchev–Trinajstić information content (AvgIpc) is 2.89. The number of fused-ring (bicyclic) bond motifs is 1. The number of amides is 1. The molecule has 1 saturated heterocycles. The molecule has 1 amide bonds. The number of nitrogens with two attached hydrogens (primary N) is 1. The lowest BCUT2D eigenvalue weighted by Crippen LogP contribution is -2.51. The molecule has 1 aromatic carbocycles. The Morgan fingerprint density at radius 3 is 3.05 bits per heavy atom. The van der Waals surface area contributed by atoms with Gasteiger partial charge < -0.3 is 15.4 Å². The molecule has 0 aromatic heterocycles. The summed E-state index contributed by atoms with van der Waals surface area (Å²) < 4.78 is 5.74. The van der Waals surface area contributed by atoms with Crippen LogP contribution >= 0.6 is 0 Å². The maximum absolute atomic E-state index is 12.5. The summed E-state index contributed by atoms with van der Waals surface area (Å²) in [6.07, 6.45) is 3.97. The van der Waals surface area contributed by atoms with Crippen molar-refractivity contribution in [3.8, 4) is 0 Å². The van der Waals surface area contributed by atoms with Crippen LogP contribution in [0.3, 0.4) is 0 Å². The highest BCUT2D eigenvalue weighted by molar-refractivity contribution is 5.80. The zero-order valence-corrected chi connectivity index (χ0v) is 11.0. The van der Waals surface area contributed by atoms with Gasteiger partial charge >= 0.3 is 0 Å². The first kappa shape index (κ1) is 12.5. The third-order valence-electron chi connectivity index (χ3n) is 4.20. The smallest absolute Gasteiger partial charge is 0.227 e. The zero-order valence-electron chi connectivity index (χ0n) is 11.0. The molecule has 1 aromatic rings. The molecular formula is C15H20N2O2. The number of nitrogen functional groups attached to an aromatic ring is 1. The van der Waals surface area contributed by atoms with E-state index in [0.29, 0.717) is 25.3 Å². The minimum Gasteiger partial charge on any atom is -0.398 e. The van der Waals surface area contributed by atoms with E-state index in [2.05, 4.69) is 0 Å². The lowest BCUT2D eigenvalue weighted by molar-refractivity contribution is -0.143. The number of carbonyl (C=O) groups is 1. The van der Waals surface area contributed by atoms with E-state index < -0.39 is 0 Å². The molecule has 2 fully saturated rings. The van der Waals surface area contributed by atoms with Crippen LogP contribution in [0.15, 0.2) is 24.3 Å². The molecule has 4 heteroatoms. The second-order valence-corrected chi connectivity index (χ2v) is 5.37. The summed E-state index contributed by atoms with van der Waals surface area (Å²) in [5.41, 5.74) is 7.54. The van der Waals surface area contributed by atoms with Crippen LogP contribution < -0.4 is 5.73 Å². The molecule has 2 N–H and O–H groups in total. The van der Waals surface area contributed by atoms with Gasteiger partial charge in [0.05, 0.1) is 25.2 Å². The minimum atomic E-state index is 0.179. The Balaban J connectivity index is 1.71. The average molecular weight is 260 g/mol. The topological polar surface area (TPSA) is 55.6 Å². The number of anilines is 1. The van der Waals surface area contributed by atoms with Crippen molar-refractivity contribution in [2.24, 2.45) is 0 Å². The van der Waals surface area contributed by atoms with Crippen LogP contribution in [0.25, 0.3) is 0 Å². The highest BCUT2D eigenvalue weighted by atomic mass is 16.5. The predicted molar refractivity (Wildman–Crippen MR) is 73.7 cm³/mol. The number of nitrogens with zero attached hydrogens (tertiary/aromatic N) is 1. The lowest BCUT2D eigenvalue weighted by atomic mass is 10.1. The van der Waals surface area contributed by atoms with Crippen LogP contribution in [0.5, 0.6) is 0 Å². The van der Waals surface area contributed by atoms with Crippen molar-refractivity contribution < 1.29 is 9.53 Å². The number of morpholine rings is 1. The van der Waals surface area contributed by atoms with Crippen LogP contribution in [0.2, 0.25) is 0 Å². The number of benzene rings is 1. The highest BCUT2D eigenvalue weighted by Crippen LogP contribution is 2.30. The Bertz CT molecular complexity index is 475. The fourth-order valence-electron chi connectivity index (χ4n) is 3.19. The number of ether oxygens (including phenoxy) is 1. The van der Waals surface area contributed by atoms with E-state index in [4.69, 9.17) is 10.5 Å². The normalized spacial score (nSPS) is 26.2. The molecule has 1 aliphatic heterocycles. The van der Waals surface area contributed by atoms with Crippen LogP contribution in [-0.2, 0) is 16.0 Å². The van der Waals surface area contributed by atoms with Gasteiger partial charge in [0.1, 0.15) is 0 Å². The molecule has 1 heterocycles. The molecular weight excluding hydrogens is 240 g/mol. The van der Waals surface area contributed by atoms with E-state index in [1.807, 2.05) is 29.2 Å². The van der Waals surface area contributed by atoms with Crippen molar-refractivity contribution in [2.75, 3.05) is 18.9 Å². The molecule has 0 spiro atoms. The Morgan fingerprint density at radius 1 is 1.37 bits per heavy atom. The summed E-state index contributed by atoms with van der Waals surface area (Å²) >= 11 is 0. The second-order valence-electron chi connectivity index (χ2n) is 5.37. The fraction of sp³-hybridized carbons (Fsp3) is 0.533.